The zero-order chi connectivity index (χ0) is 12.0. The first-order chi connectivity index (χ1) is 7.59. The third kappa shape index (κ3) is 4.02. The number of oxazole rings is 1. The van der Waals surface area contributed by atoms with Crippen LogP contribution in [0.25, 0.3) is 0 Å². The van der Waals surface area contributed by atoms with E-state index in [9.17, 15) is 4.79 Å². The lowest BCUT2D eigenvalue weighted by Crippen LogP contribution is -2.11. The molecule has 0 saturated carbocycles. The Labute approximate surface area is 93.3 Å². The Kier molecular flexibility index (Phi) is 4.36. The Morgan fingerprint density at radius 2 is 2.38 bits per heavy atom. The van der Waals surface area contributed by atoms with E-state index < -0.39 is 5.97 Å². The molecule has 0 aliphatic carbocycles. The number of nitrogens with zero attached hydrogens (tertiary/aromatic N) is 2. The van der Waals surface area contributed by atoms with Gasteiger partial charge >= 0.3 is 5.97 Å². The molecule has 16 heavy (non-hydrogen) atoms. The molecule has 1 rings (SSSR count). The summed E-state index contributed by atoms with van der Waals surface area (Å²) in [6.45, 7) is 1.04. The number of carboxylic acids is 1. The normalized spacial score (nSPS) is 9.69. The zero-order valence-corrected chi connectivity index (χ0v) is 9.15. The van der Waals surface area contributed by atoms with Crippen molar-refractivity contribution in [2.45, 2.75) is 0 Å². The number of nitrogens with one attached hydrogen (secondary N) is 1. The van der Waals surface area contributed by atoms with Crippen molar-refractivity contribution in [1.82, 2.24) is 9.88 Å². The van der Waals surface area contributed by atoms with Crippen LogP contribution >= 0.6 is 0 Å². The van der Waals surface area contributed by atoms with E-state index in [-0.39, 0.29) is 11.7 Å². The van der Waals surface area contributed by atoms with Crippen LogP contribution in [0.5, 0.6) is 0 Å². The molecular formula is C10H13N3O3. The number of hydrogen-bond donors (Lipinski definition) is 2. The van der Waals surface area contributed by atoms with Gasteiger partial charge in [-0.15, -0.1) is 0 Å². The Morgan fingerprint density at radius 3 is 2.94 bits per heavy atom. The lowest BCUT2D eigenvalue weighted by Gasteiger charge is -2.00. The maximum atomic E-state index is 10.5. The van der Waals surface area contributed by atoms with Crippen molar-refractivity contribution >= 4 is 12.0 Å². The van der Waals surface area contributed by atoms with E-state index in [0.717, 1.165) is 6.26 Å². The molecule has 0 amide bonds. The quantitative estimate of drug-likeness (QED) is 0.717. The summed E-state index contributed by atoms with van der Waals surface area (Å²) in [5, 5.41) is 11.3. The molecule has 0 aliphatic heterocycles. The van der Waals surface area contributed by atoms with Crippen LogP contribution in [0.1, 0.15) is 10.5 Å². The largest absolute Gasteiger partial charge is 0.476 e. The predicted octanol–water partition coefficient (Wildman–Crippen LogP) is 0.350. The molecule has 2 N–H and O–H groups in total. The van der Waals surface area contributed by atoms with Crippen LogP contribution < -0.4 is 5.32 Å². The first-order valence-corrected chi connectivity index (χ1v) is 4.62. The van der Waals surface area contributed by atoms with E-state index in [0.29, 0.717) is 13.1 Å². The van der Waals surface area contributed by atoms with Crippen LogP contribution in [0.15, 0.2) is 10.7 Å². The fourth-order valence-electron chi connectivity index (χ4n) is 0.849. The second-order valence-corrected chi connectivity index (χ2v) is 3.29. The minimum Gasteiger partial charge on any atom is -0.476 e. The molecule has 0 bridgehead atoms. The second kappa shape index (κ2) is 5.78. The molecule has 6 nitrogen and oxygen atoms in total. The number of carbonyl (C=O) groups is 1. The van der Waals surface area contributed by atoms with E-state index >= 15 is 0 Å². The highest BCUT2D eigenvalue weighted by Gasteiger charge is 2.08. The third-order valence-corrected chi connectivity index (χ3v) is 1.57. The predicted molar refractivity (Wildman–Crippen MR) is 58.3 cm³/mol. The van der Waals surface area contributed by atoms with Gasteiger partial charge in [-0.25, -0.2) is 4.79 Å². The molecule has 0 unspecified atom stereocenters. The van der Waals surface area contributed by atoms with Gasteiger partial charge in [0.25, 0.3) is 6.01 Å². The Balaban J connectivity index is 2.36. The van der Waals surface area contributed by atoms with Gasteiger partial charge in [0.05, 0.1) is 13.1 Å². The number of rotatable bonds is 4. The van der Waals surface area contributed by atoms with Crippen molar-refractivity contribution in [3.8, 4) is 11.8 Å². The molecule has 86 valence electrons. The molecule has 1 heterocycles. The summed E-state index contributed by atoms with van der Waals surface area (Å²) < 4.78 is 4.87. The van der Waals surface area contributed by atoms with Crippen LogP contribution in [-0.2, 0) is 0 Å². The molecule has 0 spiro atoms. The summed E-state index contributed by atoms with van der Waals surface area (Å²) in [4.78, 5) is 16.1. The van der Waals surface area contributed by atoms with Gasteiger partial charge in [-0.1, -0.05) is 11.8 Å². The average molecular weight is 223 g/mol. The summed E-state index contributed by atoms with van der Waals surface area (Å²) in [5.41, 5.74) is -0.122. The number of aromatic carboxylic acids is 1. The average Bonchev–Trinajstić information content (AvgIpc) is 2.65. The molecule has 1 aromatic heterocycles. The number of hydrogen-bond acceptors (Lipinski definition) is 5. The van der Waals surface area contributed by atoms with E-state index in [2.05, 4.69) is 22.1 Å². The van der Waals surface area contributed by atoms with E-state index in [1.165, 1.54) is 0 Å². The van der Waals surface area contributed by atoms with E-state index in [1.54, 1.807) is 0 Å². The summed E-state index contributed by atoms with van der Waals surface area (Å²) in [6, 6.07) is 0.163. The zero-order valence-electron chi connectivity index (χ0n) is 9.15. The Morgan fingerprint density at radius 1 is 1.62 bits per heavy atom. The van der Waals surface area contributed by atoms with Crippen LogP contribution in [0.3, 0.4) is 0 Å². The van der Waals surface area contributed by atoms with Crippen molar-refractivity contribution in [2.75, 3.05) is 32.5 Å². The van der Waals surface area contributed by atoms with Crippen molar-refractivity contribution in [2.24, 2.45) is 0 Å². The maximum Gasteiger partial charge on any atom is 0.357 e. The number of anilines is 1. The molecule has 0 aliphatic rings. The van der Waals surface area contributed by atoms with Crippen LogP contribution in [0.2, 0.25) is 0 Å². The fourth-order valence-corrected chi connectivity index (χ4v) is 0.849. The topological polar surface area (TPSA) is 78.6 Å². The number of carboxylic acid groups (broad SMARTS) is 1. The smallest absolute Gasteiger partial charge is 0.357 e. The van der Waals surface area contributed by atoms with E-state index in [4.69, 9.17) is 9.52 Å². The van der Waals surface area contributed by atoms with Crippen molar-refractivity contribution in [1.29, 1.82) is 0 Å². The molecule has 0 saturated heterocycles. The van der Waals surface area contributed by atoms with Gasteiger partial charge in [0.15, 0.2) is 5.69 Å². The van der Waals surface area contributed by atoms with E-state index in [1.807, 2.05) is 19.0 Å². The summed E-state index contributed by atoms with van der Waals surface area (Å²) in [7, 11) is 3.85. The van der Waals surface area contributed by atoms with Crippen LogP contribution in [0, 0.1) is 11.8 Å². The summed E-state index contributed by atoms with van der Waals surface area (Å²) in [6.07, 6.45) is 1.08. The highest BCUT2D eigenvalue weighted by atomic mass is 16.4. The van der Waals surface area contributed by atoms with Crippen molar-refractivity contribution in [3.63, 3.8) is 0 Å². The molecule has 0 radical (unpaired) electrons. The fraction of sp³-hybridized carbons (Fsp3) is 0.400. The molecule has 0 aromatic carbocycles. The van der Waals surface area contributed by atoms with Crippen molar-refractivity contribution in [3.05, 3.63) is 12.0 Å². The molecule has 0 fully saturated rings. The SMILES string of the molecule is CN(C)CC#CCNc1nc(C(=O)O)co1. The monoisotopic (exact) mass is 223 g/mol. The van der Waals surface area contributed by atoms with Gasteiger partial charge in [0.2, 0.25) is 0 Å². The summed E-state index contributed by atoms with van der Waals surface area (Å²) in [5.74, 6) is 4.65. The lowest BCUT2D eigenvalue weighted by molar-refractivity contribution is 0.0690. The van der Waals surface area contributed by atoms with Gasteiger partial charge < -0.3 is 14.8 Å². The maximum absolute atomic E-state index is 10.5. The van der Waals surface area contributed by atoms with Gasteiger partial charge in [-0.3, -0.25) is 4.90 Å². The molecular weight excluding hydrogens is 210 g/mol. The standard InChI is InChI=1S/C10H13N3O3/c1-13(2)6-4-3-5-11-10-12-8(7-16-10)9(14)15/h7H,5-6H2,1-2H3,(H,11,12)(H,14,15). The van der Waals surface area contributed by atoms with Crippen LogP contribution in [-0.4, -0.2) is 48.1 Å². The minimum absolute atomic E-state index is 0.122. The van der Waals surface area contributed by atoms with Gasteiger partial charge in [-0.2, -0.15) is 4.98 Å². The Bertz CT molecular complexity index is 414. The van der Waals surface area contributed by atoms with Gasteiger partial charge in [0.1, 0.15) is 6.26 Å². The third-order valence-electron chi connectivity index (χ3n) is 1.57. The summed E-state index contributed by atoms with van der Waals surface area (Å²) >= 11 is 0. The first kappa shape index (κ1) is 12.1. The van der Waals surface area contributed by atoms with Gasteiger partial charge in [0, 0.05) is 0 Å². The second-order valence-electron chi connectivity index (χ2n) is 3.29. The van der Waals surface area contributed by atoms with Gasteiger partial charge in [-0.05, 0) is 14.1 Å². The minimum atomic E-state index is -1.12. The highest BCUT2D eigenvalue weighted by Crippen LogP contribution is 2.06. The van der Waals surface area contributed by atoms with Crippen molar-refractivity contribution < 1.29 is 14.3 Å². The highest BCUT2D eigenvalue weighted by molar-refractivity contribution is 5.85. The molecule has 1 aromatic rings. The lowest BCUT2D eigenvalue weighted by atomic mass is 10.5. The number of aromatic nitrogens is 1. The molecule has 6 heteroatoms. The first-order valence-electron chi connectivity index (χ1n) is 4.62. The van der Waals surface area contributed by atoms with Crippen LogP contribution in [0.4, 0.5) is 6.01 Å². The molecule has 0 atom stereocenters. The Hall–Kier alpha value is -2.00.